The maximum absolute atomic E-state index is 12.7. The van der Waals surface area contributed by atoms with Gasteiger partial charge in [0.15, 0.2) is 0 Å². The van der Waals surface area contributed by atoms with Gasteiger partial charge in [-0.3, -0.25) is 4.79 Å². The van der Waals surface area contributed by atoms with Gasteiger partial charge in [0.05, 0.1) is 5.02 Å². The number of benzene rings is 1. The van der Waals surface area contributed by atoms with Crippen molar-refractivity contribution in [2.75, 3.05) is 0 Å². The Balaban J connectivity index is 1.58. The summed E-state index contributed by atoms with van der Waals surface area (Å²) in [4.78, 5) is 17.6. The Morgan fingerprint density at radius 1 is 1.48 bits per heavy atom. The maximum Gasteiger partial charge on any atom is 0.263 e. The molecule has 0 saturated carbocycles. The third-order valence-corrected chi connectivity index (χ3v) is 5.99. The van der Waals surface area contributed by atoms with E-state index in [4.69, 9.17) is 11.6 Å². The van der Waals surface area contributed by atoms with E-state index in [1.165, 1.54) is 11.3 Å². The Hall–Kier alpha value is -1.85. The van der Waals surface area contributed by atoms with E-state index in [2.05, 4.69) is 14.9 Å². The van der Waals surface area contributed by atoms with Gasteiger partial charge in [0.25, 0.3) is 5.91 Å². The lowest BCUT2D eigenvalue weighted by Gasteiger charge is -2.24. The highest BCUT2D eigenvalue weighted by Gasteiger charge is 2.24. The van der Waals surface area contributed by atoms with Crippen molar-refractivity contribution >= 4 is 38.9 Å². The molecule has 0 spiro atoms. The van der Waals surface area contributed by atoms with E-state index in [0.717, 1.165) is 40.9 Å². The molecule has 118 valence electrons. The number of carbonyl (C=O) groups excluding carboxylic acids is 1. The van der Waals surface area contributed by atoms with E-state index in [0.29, 0.717) is 9.90 Å². The second kappa shape index (κ2) is 5.65. The smallest absolute Gasteiger partial charge is 0.263 e. The molecule has 0 saturated heterocycles. The molecule has 4 nitrogen and oxygen atoms in total. The molecular formula is C17H16ClN3OS. The fourth-order valence-electron chi connectivity index (χ4n) is 3.16. The van der Waals surface area contributed by atoms with Gasteiger partial charge in [0, 0.05) is 41.5 Å². The van der Waals surface area contributed by atoms with E-state index in [1.54, 1.807) is 0 Å². The molecule has 23 heavy (non-hydrogen) atoms. The van der Waals surface area contributed by atoms with Crippen LogP contribution in [0.1, 0.15) is 27.5 Å². The molecule has 6 heteroatoms. The summed E-state index contributed by atoms with van der Waals surface area (Å²) in [5.41, 5.74) is 1.10. The van der Waals surface area contributed by atoms with Crippen LogP contribution in [0.15, 0.2) is 30.6 Å². The predicted octanol–water partition coefficient (Wildman–Crippen LogP) is 3.80. The number of aryl methyl sites for hydroxylation is 2. The van der Waals surface area contributed by atoms with Crippen molar-refractivity contribution in [2.24, 2.45) is 0 Å². The van der Waals surface area contributed by atoms with E-state index in [-0.39, 0.29) is 11.9 Å². The van der Waals surface area contributed by atoms with Crippen LogP contribution >= 0.6 is 22.9 Å². The molecule has 3 heterocycles. The maximum atomic E-state index is 12.7. The normalized spacial score (nSPS) is 17.2. The minimum atomic E-state index is -0.0795. The summed E-state index contributed by atoms with van der Waals surface area (Å²) in [6, 6.07) is 6.14. The Morgan fingerprint density at radius 3 is 3.17 bits per heavy atom. The number of amides is 1. The molecule has 1 unspecified atom stereocenters. The summed E-state index contributed by atoms with van der Waals surface area (Å²) < 4.78 is 3.16. The minimum Gasteiger partial charge on any atom is -0.347 e. The standard InChI is InChI=1S/C17H16ClN3OS/c1-10-3-2-4-12-14(10)15(18)16(23-12)17(22)20-11-5-6-13-19-7-8-21(13)9-11/h2-4,7-8,11H,5-6,9H2,1H3,(H,20,22). The summed E-state index contributed by atoms with van der Waals surface area (Å²) in [7, 11) is 0. The van der Waals surface area contributed by atoms with Crippen LogP contribution in [0.2, 0.25) is 5.02 Å². The monoisotopic (exact) mass is 345 g/mol. The average molecular weight is 346 g/mol. The van der Waals surface area contributed by atoms with E-state index in [1.807, 2.05) is 37.5 Å². The summed E-state index contributed by atoms with van der Waals surface area (Å²) in [6.07, 6.45) is 5.57. The molecule has 1 aliphatic heterocycles. The molecule has 0 fully saturated rings. The molecule has 0 bridgehead atoms. The molecule has 1 atom stereocenters. The van der Waals surface area contributed by atoms with E-state index in [9.17, 15) is 4.79 Å². The SMILES string of the molecule is Cc1cccc2sc(C(=O)NC3CCc4nccn4C3)c(Cl)c12. The number of fused-ring (bicyclic) bond motifs is 2. The lowest BCUT2D eigenvalue weighted by molar-refractivity contribution is 0.0932. The summed E-state index contributed by atoms with van der Waals surface area (Å²) in [5.74, 6) is 1.01. The van der Waals surface area contributed by atoms with Crippen molar-refractivity contribution in [1.29, 1.82) is 0 Å². The number of nitrogens with one attached hydrogen (secondary N) is 1. The first-order valence-corrected chi connectivity index (χ1v) is 8.81. The number of carbonyl (C=O) groups is 1. The number of imidazole rings is 1. The lowest BCUT2D eigenvalue weighted by Crippen LogP contribution is -2.40. The largest absolute Gasteiger partial charge is 0.347 e. The second-order valence-electron chi connectivity index (χ2n) is 5.90. The minimum absolute atomic E-state index is 0.0795. The Labute approximate surface area is 143 Å². The summed E-state index contributed by atoms with van der Waals surface area (Å²) in [6.45, 7) is 2.78. The Bertz CT molecular complexity index is 899. The van der Waals surface area contributed by atoms with Crippen LogP contribution in [0.3, 0.4) is 0 Å². The van der Waals surface area contributed by atoms with Gasteiger partial charge in [-0.15, -0.1) is 11.3 Å². The number of hydrogen-bond acceptors (Lipinski definition) is 3. The molecular weight excluding hydrogens is 330 g/mol. The number of nitrogens with zero attached hydrogens (tertiary/aromatic N) is 2. The number of rotatable bonds is 2. The third-order valence-electron chi connectivity index (χ3n) is 4.34. The molecule has 1 amide bonds. The fourth-order valence-corrected chi connectivity index (χ4v) is 4.74. The molecule has 1 N–H and O–H groups in total. The van der Waals surface area contributed by atoms with Gasteiger partial charge in [0.1, 0.15) is 10.7 Å². The van der Waals surface area contributed by atoms with Gasteiger partial charge < -0.3 is 9.88 Å². The fraction of sp³-hybridized carbons (Fsp3) is 0.294. The van der Waals surface area contributed by atoms with Crippen LogP contribution in [-0.4, -0.2) is 21.5 Å². The quantitative estimate of drug-likeness (QED) is 0.767. The van der Waals surface area contributed by atoms with Gasteiger partial charge in [-0.1, -0.05) is 23.7 Å². The van der Waals surface area contributed by atoms with Crippen LogP contribution in [0.4, 0.5) is 0 Å². The van der Waals surface area contributed by atoms with Gasteiger partial charge in [-0.05, 0) is 25.0 Å². The van der Waals surface area contributed by atoms with Crippen molar-refractivity contribution in [3.63, 3.8) is 0 Å². The van der Waals surface area contributed by atoms with Crippen LogP contribution in [0.25, 0.3) is 10.1 Å². The highest BCUT2D eigenvalue weighted by molar-refractivity contribution is 7.21. The van der Waals surface area contributed by atoms with Crippen LogP contribution in [-0.2, 0) is 13.0 Å². The first-order valence-electron chi connectivity index (χ1n) is 7.62. The number of thiophene rings is 1. The molecule has 1 aliphatic rings. The van der Waals surface area contributed by atoms with Crippen molar-refractivity contribution in [3.05, 3.63) is 51.9 Å². The highest BCUT2D eigenvalue weighted by Crippen LogP contribution is 2.37. The molecule has 0 radical (unpaired) electrons. The van der Waals surface area contributed by atoms with Gasteiger partial charge >= 0.3 is 0 Å². The molecule has 1 aromatic carbocycles. The zero-order chi connectivity index (χ0) is 16.0. The Morgan fingerprint density at radius 2 is 2.35 bits per heavy atom. The molecule has 4 rings (SSSR count). The highest BCUT2D eigenvalue weighted by atomic mass is 35.5. The first kappa shape index (κ1) is 14.7. The first-order chi connectivity index (χ1) is 11.1. The number of hydrogen-bond donors (Lipinski definition) is 1. The number of halogens is 1. The van der Waals surface area contributed by atoms with Crippen LogP contribution in [0, 0.1) is 6.92 Å². The third kappa shape index (κ3) is 2.54. The zero-order valence-electron chi connectivity index (χ0n) is 12.7. The van der Waals surface area contributed by atoms with E-state index >= 15 is 0 Å². The summed E-state index contributed by atoms with van der Waals surface area (Å²) >= 11 is 7.93. The van der Waals surface area contributed by atoms with Gasteiger partial charge in [-0.2, -0.15) is 0 Å². The van der Waals surface area contributed by atoms with Gasteiger partial charge in [0.2, 0.25) is 0 Å². The van der Waals surface area contributed by atoms with Crippen molar-refractivity contribution in [3.8, 4) is 0 Å². The predicted molar refractivity (Wildman–Crippen MR) is 93.4 cm³/mol. The number of aromatic nitrogens is 2. The van der Waals surface area contributed by atoms with Crippen molar-refractivity contribution < 1.29 is 4.79 Å². The topological polar surface area (TPSA) is 46.9 Å². The van der Waals surface area contributed by atoms with E-state index < -0.39 is 0 Å². The lowest BCUT2D eigenvalue weighted by atomic mass is 10.1. The zero-order valence-corrected chi connectivity index (χ0v) is 14.2. The average Bonchev–Trinajstić information content (AvgIpc) is 3.12. The van der Waals surface area contributed by atoms with Crippen molar-refractivity contribution in [1.82, 2.24) is 14.9 Å². The van der Waals surface area contributed by atoms with Gasteiger partial charge in [-0.25, -0.2) is 4.98 Å². The molecule has 0 aliphatic carbocycles. The summed E-state index contributed by atoms with van der Waals surface area (Å²) in [5, 5.41) is 4.69. The molecule has 2 aromatic heterocycles. The van der Waals surface area contributed by atoms with Crippen molar-refractivity contribution in [2.45, 2.75) is 32.4 Å². The van der Waals surface area contributed by atoms with Crippen LogP contribution in [0.5, 0.6) is 0 Å². The second-order valence-corrected chi connectivity index (χ2v) is 7.33. The van der Waals surface area contributed by atoms with Crippen LogP contribution < -0.4 is 5.32 Å². The molecule has 3 aromatic rings. The Kier molecular flexibility index (Phi) is 3.62.